The van der Waals surface area contributed by atoms with Crippen LogP contribution in [-0.4, -0.2) is 17.9 Å². The van der Waals surface area contributed by atoms with E-state index in [0.29, 0.717) is 22.9 Å². The highest BCUT2D eigenvalue weighted by Gasteiger charge is 2.31. The van der Waals surface area contributed by atoms with Crippen molar-refractivity contribution in [2.45, 2.75) is 38.3 Å². The van der Waals surface area contributed by atoms with E-state index in [-0.39, 0.29) is 11.8 Å². The van der Waals surface area contributed by atoms with Gasteiger partial charge in [-0.1, -0.05) is 29.3 Å². The van der Waals surface area contributed by atoms with Crippen LogP contribution in [0.2, 0.25) is 10.0 Å². The smallest absolute Gasteiger partial charge is 0.243 e. The van der Waals surface area contributed by atoms with E-state index in [1.807, 2.05) is 19.9 Å². The number of carbonyl (C=O) groups is 2. The predicted molar refractivity (Wildman–Crippen MR) is 78.8 cm³/mol. The van der Waals surface area contributed by atoms with Gasteiger partial charge in [0.05, 0.1) is 15.6 Å². The maximum absolute atomic E-state index is 12.1. The maximum Gasteiger partial charge on any atom is 0.243 e. The molecule has 2 N–H and O–H groups in total. The molecular weight excluding hydrogens is 299 g/mol. The second kappa shape index (κ2) is 5.62. The summed E-state index contributed by atoms with van der Waals surface area (Å²) in [5, 5.41) is 6.49. The van der Waals surface area contributed by atoms with Crippen LogP contribution in [0.1, 0.15) is 32.3 Å². The van der Waals surface area contributed by atoms with Gasteiger partial charge in [0.25, 0.3) is 0 Å². The van der Waals surface area contributed by atoms with Gasteiger partial charge in [-0.05, 0) is 38.0 Å². The van der Waals surface area contributed by atoms with Crippen LogP contribution in [0.4, 0.5) is 0 Å². The Hall–Kier alpha value is -1.26. The second-order valence-corrected chi connectivity index (χ2v) is 6.22. The molecule has 1 atom stereocenters. The molecule has 1 aromatic rings. The Balaban J connectivity index is 2.11. The molecule has 0 radical (unpaired) electrons. The van der Waals surface area contributed by atoms with Gasteiger partial charge in [-0.3, -0.25) is 9.59 Å². The Morgan fingerprint density at radius 1 is 1.35 bits per heavy atom. The monoisotopic (exact) mass is 314 g/mol. The first kappa shape index (κ1) is 15.1. The molecule has 0 spiro atoms. The highest BCUT2D eigenvalue weighted by atomic mass is 35.5. The van der Waals surface area contributed by atoms with Crippen molar-refractivity contribution in [1.82, 2.24) is 10.6 Å². The number of nitrogens with one attached hydrogen (secondary N) is 2. The van der Waals surface area contributed by atoms with Crippen LogP contribution in [0.3, 0.4) is 0 Å². The molecule has 2 amide bonds. The summed E-state index contributed by atoms with van der Waals surface area (Å²) in [6.07, 6.45) is 0.924. The van der Waals surface area contributed by atoms with E-state index < -0.39 is 11.6 Å². The summed E-state index contributed by atoms with van der Waals surface area (Å²) in [5.74, 6) is -0.274. The highest BCUT2D eigenvalue weighted by Crippen LogP contribution is 2.28. The minimum absolute atomic E-state index is 0.0857. The largest absolute Gasteiger partial charge is 0.345 e. The first-order valence-corrected chi connectivity index (χ1v) is 7.12. The van der Waals surface area contributed by atoms with Crippen molar-refractivity contribution < 1.29 is 9.59 Å². The maximum atomic E-state index is 12.1. The normalized spacial score (nSPS) is 18.8. The van der Waals surface area contributed by atoms with Crippen LogP contribution in [0.15, 0.2) is 18.2 Å². The van der Waals surface area contributed by atoms with E-state index in [1.165, 1.54) is 0 Å². The summed E-state index contributed by atoms with van der Waals surface area (Å²) in [5.41, 5.74) is 0.253. The minimum atomic E-state index is -0.599. The van der Waals surface area contributed by atoms with Gasteiger partial charge in [0, 0.05) is 6.42 Å². The molecule has 0 saturated carbocycles. The molecule has 1 saturated heterocycles. The SMILES string of the molecule is CC(C)(NC(=O)[C@H]1CCC(=O)N1)c1ccc(Cl)c(Cl)c1. The van der Waals surface area contributed by atoms with Crippen molar-refractivity contribution in [3.8, 4) is 0 Å². The number of benzene rings is 1. The molecule has 1 aromatic carbocycles. The quantitative estimate of drug-likeness (QED) is 0.901. The Bertz CT molecular complexity index is 558. The van der Waals surface area contributed by atoms with Crippen LogP contribution >= 0.6 is 23.2 Å². The number of halogens is 2. The Morgan fingerprint density at radius 3 is 2.60 bits per heavy atom. The molecular formula is C14H16Cl2N2O2. The average molecular weight is 315 g/mol. The minimum Gasteiger partial charge on any atom is -0.345 e. The van der Waals surface area contributed by atoms with E-state index in [4.69, 9.17) is 23.2 Å². The van der Waals surface area contributed by atoms with Crippen molar-refractivity contribution in [3.05, 3.63) is 33.8 Å². The first-order valence-electron chi connectivity index (χ1n) is 6.36. The molecule has 0 aromatic heterocycles. The van der Waals surface area contributed by atoms with Crippen LogP contribution < -0.4 is 10.6 Å². The van der Waals surface area contributed by atoms with Crippen molar-refractivity contribution in [1.29, 1.82) is 0 Å². The summed E-state index contributed by atoms with van der Waals surface area (Å²) >= 11 is 11.9. The summed E-state index contributed by atoms with van der Waals surface area (Å²) in [4.78, 5) is 23.3. The molecule has 108 valence electrons. The molecule has 1 aliphatic heterocycles. The third kappa shape index (κ3) is 3.25. The van der Waals surface area contributed by atoms with Crippen LogP contribution in [-0.2, 0) is 15.1 Å². The number of rotatable bonds is 3. The van der Waals surface area contributed by atoms with Crippen molar-refractivity contribution in [3.63, 3.8) is 0 Å². The van der Waals surface area contributed by atoms with Crippen LogP contribution in [0.25, 0.3) is 0 Å². The molecule has 0 aliphatic carbocycles. The van der Waals surface area contributed by atoms with Crippen molar-refractivity contribution >= 4 is 35.0 Å². The molecule has 4 nitrogen and oxygen atoms in total. The average Bonchev–Trinajstić information content (AvgIpc) is 2.79. The van der Waals surface area contributed by atoms with Crippen LogP contribution in [0, 0.1) is 0 Å². The number of hydrogen-bond acceptors (Lipinski definition) is 2. The highest BCUT2D eigenvalue weighted by molar-refractivity contribution is 6.42. The van der Waals surface area contributed by atoms with E-state index in [2.05, 4.69) is 10.6 Å². The number of carbonyl (C=O) groups excluding carboxylic acids is 2. The fourth-order valence-electron chi connectivity index (χ4n) is 2.16. The van der Waals surface area contributed by atoms with E-state index in [9.17, 15) is 9.59 Å². The van der Waals surface area contributed by atoms with Gasteiger partial charge in [-0.15, -0.1) is 0 Å². The zero-order chi connectivity index (χ0) is 14.9. The zero-order valence-corrected chi connectivity index (χ0v) is 12.8. The van der Waals surface area contributed by atoms with Gasteiger partial charge in [-0.2, -0.15) is 0 Å². The molecule has 20 heavy (non-hydrogen) atoms. The molecule has 0 unspecified atom stereocenters. The lowest BCUT2D eigenvalue weighted by Gasteiger charge is -2.28. The fraction of sp³-hybridized carbons (Fsp3) is 0.429. The third-order valence-electron chi connectivity index (χ3n) is 3.39. The molecule has 1 aliphatic rings. The molecule has 2 rings (SSSR count). The van der Waals surface area contributed by atoms with E-state index in [1.54, 1.807) is 12.1 Å². The van der Waals surface area contributed by atoms with Crippen molar-refractivity contribution in [2.24, 2.45) is 0 Å². The Kier molecular flexibility index (Phi) is 4.25. The summed E-state index contributed by atoms with van der Waals surface area (Å²) < 4.78 is 0. The fourth-order valence-corrected chi connectivity index (χ4v) is 2.46. The lowest BCUT2D eigenvalue weighted by atomic mass is 9.94. The molecule has 1 fully saturated rings. The Labute approximate surface area is 127 Å². The summed E-state index contributed by atoms with van der Waals surface area (Å²) in [6.45, 7) is 3.75. The number of amides is 2. The lowest BCUT2D eigenvalue weighted by molar-refractivity contribution is -0.127. The number of hydrogen-bond donors (Lipinski definition) is 2. The van der Waals surface area contributed by atoms with Gasteiger partial charge in [0.1, 0.15) is 6.04 Å². The van der Waals surface area contributed by atoms with Gasteiger partial charge < -0.3 is 10.6 Å². The molecule has 6 heteroatoms. The van der Waals surface area contributed by atoms with Gasteiger partial charge in [0.15, 0.2) is 0 Å². The Morgan fingerprint density at radius 2 is 2.05 bits per heavy atom. The molecule has 0 bridgehead atoms. The van der Waals surface area contributed by atoms with Crippen LogP contribution in [0.5, 0.6) is 0 Å². The standard InChI is InChI=1S/C14H16Cl2N2O2/c1-14(2,8-3-4-9(15)10(16)7-8)18-13(20)11-5-6-12(19)17-11/h3-4,7,11H,5-6H2,1-2H3,(H,17,19)(H,18,20)/t11-/m1/s1. The van der Waals surface area contributed by atoms with Gasteiger partial charge in [-0.25, -0.2) is 0 Å². The second-order valence-electron chi connectivity index (χ2n) is 5.40. The van der Waals surface area contributed by atoms with Gasteiger partial charge >= 0.3 is 0 Å². The van der Waals surface area contributed by atoms with E-state index >= 15 is 0 Å². The lowest BCUT2D eigenvalue weighted by Crippen LogP contribution is -2.49. The topological polar surface area (TPSA) is 58.2 Å². The zero-order valence-electron chi connectivity index (χ0n) is 11.3. The third-order valence-corrected chi connectivity index (χ3v) is 4.13. The molecule has 1 heterocycles. The summed E-state index contributed by atoms with van der Waals surface area (Å²) in [7, 11) is 0. The summed E-state index contributed by atoms with van der Waals surface area (Å²) in [6, 6.07) is 4.80. The predicted octanol–water partition coefficient (Wildman–Crippen LogP) is 2.62. The van der Waals surface area contributed by atoms with Crippen molar-refractivity contribution in [2.75, 3.05) is 0 Å². The van der Waals surface area contributed by atoms with Gasteiger partial charge in [0.2, 0.25) is 11.8 Å². The van der Waals surface area contributed by atoms with E-state index in [0.717, 1.165) is 5.56 Å². The first-order chi connectivity index (χ1) is 9.29.